The Kier molecular flexibility index (Phi) is 5.58. The van der Waals surface area contributed by atoms with Crippen molar-refractivity contribution in [3.8, 4) is 0 Å². The molecule has 0 spiro atoms. The van der Waals surface area contributed by atoms with Crippen LogP contribution in [0.1, 0.15) is 12.5 Å². The number of nitrogens with two attached hydrogens (primary N) is 2. The maximum Gasteiger partial charge on any atom is 0.152 e. The van der Waals surface area contributed by atoms with Crippen molar-refractivity contribution in [2.75, 3.05) is 32.8 Å². The fraction of sp³-hybridized carbons (Fsp3) is 0.538. The van der Waals surface area contributed by atoms with Crippen LogP contribution < -0.4 is 16.2 Å². The normalized spacial score (nSPS) is 14.6. The molecule has 1 rings (SSSR count). The van der Waals surface area contributed by atoms with Crippen molar-refractivity contribution in [2.24, 2.45) is 11.6 Å². The summed E-state index contributed by atoms with van der Waals surface area (Å²) in [5.74, 6) is 6.38. The van der Waals surface area contributed by atoms with Crippen molar-refractivity contribution in [2.45, 2.75) is 13.8 Å². The van der Waals surface area contributed by atoms with E-state index in [1.807, 2.05) is 0 Å². The van der Waals surface area contributed by atoms with E-state index in [1.165, 1.54) is 5.56 Å². The number of ether oxygens (including phenoxy) is 1. The first-order valence-electron chi connectivity index (χ1n) is 6.13. The minimum Gasteiger partial charge on any atom is -0.374 e. The second-order valence-electron chi connectivity index (χ2n) is 4.31. The van der Waals surface area contributed by atoms with Crippen LogP contribution in [0.3, 0.4) is 0 Å². The maximum atomic E-state index is 6.38. The zero-order chi connectivity index (χ0) is 12.7. The highest BCUT2D eigenvalue weighted by molar-refractivity contribution is 5.43. The van der Waals surface area contributed by atoms with Crippen LogP contribution in [0.5, 0.6) is 0 Å². The smallest absolute Gasteiger partial charge is 0.152 e. The highest BCUT2D eigenvalue weighted by Gasteiger charge is 2.23. The largest absolute Gasteiger partial charge is 0.374 e. The molecule has 0 aliphatic carbocycles. The van der Waals surface area contributed by atoms with Gasteiger partial charge in [-0.2, -0.15) is 5.84 Å². The quantitative estimate of drug-likeness (QED) is 0.324. The number of benzene rings is 1. The van der Waals surface area contributed by atoms with Crippen LogP contribution in [0.2, 0.25) is 0 Å². The van der Waals surface area contributed by atoms with Gasteiger partial charge in [0.1, 0.15) is 6.54 Å². The van der Waals surface area contributed by atoms with Gasteiger partial charge in [0.15, 0.2) is 5.69 Å². The zero-order valence-electron chi connectivity index (χ0n) is 10.9. The van der Waals surface area contributed by atoms with Crippen molar-refractivity contribution in [3.63, 3.8) is 0 Å². The van der Waals surface area contributed by atoms with Gasteiger partial charge in [-0.3, -0.25) is 0 Å². The average Bonchev–Trinajstić information content (AvgIpc) is 2.35. The van der Waals surface area contributed by atoms with Crippen LogP contribution in [0, 0.1) is 6.92 Å². The van der Waals surface area contributed by atoms with Crippen LogP contribution in [0.25, 0.3) is 0 Å². The summed E-state index contributed by atoms with van der Waals surface area (Å²) in [5.41, 5.74) is 7.74. The second-order valence-corrected chi connectivity index (χ2v) is 4.31. The molecule has 0 aliphatic heterocycles. The monoisotopic (exact) mass is 238 g/mol. The fourth-order valence-electron chi connectivity index (χ4n) is 1.72. The number of aryl methyl sites for hydroxylation is 1. The van der Waals surface area contributed by atoms with Gasteiger partial charge < -0.3 is 10.5 Å². The van der Waals surface area contributed by atoms with Gasteiger partial charge in [-0.1, -0.05) is 17.7 Å². The molecule has 1 unspecified atom stereocenters. The van der Waals surface area contributed by atoms with Gasteiger partial charge in [-0.15, -0.1) is 0 Å². The lowest BCUT2D eigenvalue weighted by Crippen LogP contribution is -2.57. The molecule has 0 aromatic heterocycles. The summed E-state index contributed by atoms with van der Waals surface area (Å²) in [6.45, 7) is 7.55. The number of hydrogen-bond acceptors (Lipinski definition) is 3. The van der Waals surface area contributed by atoms with E-state index < -0.39 is 0 Å². The molecule has 1 atom stereocenters. The first kappa shape index (κ1) is 14.1. The lowest BCUT2D eigenvalue weighted by Gasteiger charge is -2.31. The first-order chi connectivity index (χ1) is 8.12. The van der Waals surface area contributed by atoms with Crippen molar-refractivity contribution in [1.82, 2.24) is 4.59 Å². The van der Waals surface area contributed by atoms with E-state index in [4.69, 9.17) is 16.3 Å². The van der Waals surface area contributed by atoms with Crippen LogP contribution in [-0.4, -0.2) is 32.8 Å². The van der Waals surface area contributed by atoms with Crippen molar-refractivity contribution >= 4 is 5.69 Å². The Morgan fingerprint density at radius 2 is 1.82 bits per heavy atom. The summed E-state index contributed by atoms with van der Waals surface area (Å²) in [4.78, 5) is 0. The fourth-order valence-corrected chi connectivity index (χ4v) is 1.72. The van der Waals surface area contributed by atoms with E-state index in [0.29, 0.717) is 24.4 Å². The van der Waals surface area contributed by atoms with E-state index in [-0.39, 0.29) is 0 Å². The molecular formula is C13H24N3O+. The molecule has 0 aliphatic rings. The predicted molar refractivity (Wildman–Crippen MR) is 72.4 cm³/mol. The average molecular weight is 238 g/mol. The Hall–Kier alpha value is -0.940. The Morgan fingerprint density at radius 3 is 2.35 bits per heavy atom. The molecule has 0 heterocycles. The van der Waals surface area contributed by atoms with E-state index in [1.54, 1.807) is 0 Å². The summed E-state index contributed by atoms with van der Waals surface area (Å²) in [5, 5.41) is 0. The third-order valence-electron chi connectivity index (χ3n) is 3.01. The van der Waals surface area contributed by atoms with Gasteiger partial charge in [0.05, 0.1) is 19.8 Å². The molecule has 1 aromatic carbocycles. The minimum absolute atomic E-state index is 0.408. The van der Waals surface area contributed by atoms with Crippen LogP contribution >= 0.6 is 0 Å². The van der Waals surface area contributed by atoms with Gasteiger partial charge in [0.25, 0.3) is 0 Å². The molecule has 4 heteroatoms. The maximum absolute atomic E-state index is 6.38. The third kappa shape index (κ3) is 4.09. The standard InChI is InChI=1S/C13H24N3O/c1-3-16(15,9-11-17-10-8-14)13-6-4-12(2)5-7-13/h4-7H,3,8-11,14-15H2,1-2H3/q+1. The lowest BCUT2D eigenvalue weighted by molar-refractivity contribution is 0.112. The molecule has 17 heavy (non-hydrogen) atoms. The van der Waals surface area contributed by atoms with Crippen LogP contribution in [0.15, 0.2) is 24.3 Å². The SMILES string of the molecule is CC[N+](N)(CCOCCN)c1ccc(C)cc1. The van der Waals surface area contributed by atoms with Gasteiger partial charge >= 0.3 is 0 Å². The lowest BCUT2D eigenvalue weighted by atomic mass is 10.2. The molecule has 0 saturated heterocycles. The number of quaternary nitrogens is 1. The summed E-state index contributed by atoms with van der Waals surface area (Å²) >= 11 is 0. The Balaban J connectivity index is 2.63. The molecule has 4 N–H and O–H groups in total. The number of hydrogen-bond donors (Lipinski definition) is 2. The molecule has 0 bridgehead atoms. The highest BCUT2D eigenvalue weighted by atomic mass is 16.5. The summed E-state index contributed by atoms with van der Waals surface area (Å²) in [6.07, 6.45) is 0. The van der Waals surface area contributed by atoms with Crippen molar-refractivity contribution in [1.29, 1.82) is 0 Å². The minimum atomic E-state index is 0.408. The Labute approximate surface area is 104 Å². The molecule has 4 nitrogen and oxygen atoms in total. The molecule has 0 saturated carbocycles. The van der Waals surface area contributed by atoms with Gasteiger partial charge in [0.2, 0.25) is 0 Å². The van der Waals surface area contributed by atoms with Gasteiger partial charge in [-0.05, 0) is 13.8 Å². The molecule has 1 aromatic rings. The van der Waals surface area contributed by atoms with Crippen molar-refractivity contribution in [3.05, 3.63) is 29.8 Å². The number of nitrogens with zero attached hydrogens (tertiary/aromatic N) is 1. The molecule has 96 valence electrons. The molecule has 0 amide bonds. The number of rotatable bonds is 7. The van der Waals surface area contributed by atoms with Gasteiger partial charge in [0, 0.05) is 18.7 Å². The Bertz CT molecular complexity index is 326. The molecule has 0 fully saturated rings. The summed E-state index contributed by atoms with van der Waals surface area (Å²) in [6, 6.07) is 8.35. The van der Waals surface area contributed by atoms with E-state index in [2.05, 4.69) is 38.1 Å². The van der Waals surface area contributed by atoms with Crippen molar-refractivity contribution < 1.29 is 4.74 Å². The third-order valence-corrected chi connectivity index (χ3v) is 3.01. The second kappa shape index (κ2) is 6.71. The van der Waals surface area contributed by atoms with Crippen LogP contribution in [-0.2, 0) is 4.74 Å². The van der Waals surface area contributed by atoms with E-state index in [0.717, 1.165) is 18.8 Å². The van der Waals surface area contributed by atoms with Gasteiger partial charge in [-0.25, -0.2) is 4.59 Å². The van der Waals surface area contributed by atoms with E-state index in [9.17, 15) is 0 Å². The summed E-state index contributed by atoms with van der Waals surface area (Å²) < 4.78 is 5.81. The highest BCUT2D eigenvalue weighted by Crippen LogP contribution is 2.18. The molecular weight excluding hydrogens is 214 g/mol. The number of likely N-dealkylation sites (N-methyl/N-ethyl adjacent to an activating group) is 1. The Morgan fingerprint density at radius 1 is 1.18 bits per heavy atom. The topological polar surface area (TPSA) is 61.3 Å². The predicted octanol–water partition coefficient (Wildman–Crippen LogP) is 1.17. The first-order valence-corrected chi connectivity index (χ1v) is 6.13. The summed E-state index contributed by atoms with van der Waals surface area (Å²) in [7, 11) is 0. The van der Waals surface area contributed by atoms with E-state index >= 15 is 0 Å². The molecule has 0 radical (unpaired) electrons. The zero-order valence-corrected chi connectivity index (χ0v) is 10.9. The van der Waals surface area contributed by atoms with Crippen LogP contribution in [0.4, 0.5) is 5.69 Å².